The third kappa shape index (κ3) is 3.04. The Balaban J connectivity index is 2.61. The van der Waals surface area contributed by atoms with Crippen molar-refractivity contribution in [1.29, 1.82) is 0 Å². The van der Waals surface area contributed by atoms with E-state index >= 15 is 0 Å². The van der Waals surface area contributed by atoms with Crippen LogP contribution in [0.4, 0.5) is 13.2 Å². The van der Waals surface area contributed by atoms with Crippen molar-refractivity contribution in [1.82, 2.24) is 0 Å². The SMILES string of the molecule is COc1cc(-c2cc(C(F)(F)F)ccc2OC)ccc1O. The number of phenols is 1. The van der Waals surface area contributed by atoms with E-state index in [1.165, 1.54) is 38.5 Å². The summed E-state index contributed by atoms with van der Waals surface area (Å²) in [7, 11) is 2.74. The van der Waals surface area contributed by atoms with Crippen molar-refractivity contribution in [2.75, 3.05) is 14.2 Å². The van der Waals surface area contributed by atoms with Gasteiger partial charge in [-0.25, -0.2) is 0 Å². The van der Waals surface area contributed by atoms with Crippen LogP contribution in [0.15, 0.2) is 36.4 Å². The third-order valence-electron chi connectivity index (χ3n) is 3.02. The first-order chi connectivity index (χ1) is 9.86. The van der Waals surface area contributed by atoms with Gasteiger partial charge in [0.15, 0.2) is 11.5 Å². The molecule has 0 aliphatic heterocycles. The van der Waals surface area contributed by atoms with Crippen molar-refractivity contribution in [2.45, 2.75) is 6.18 Å². The topological polar surface area (TPSA) is 38.7 Å². The van der Waals surface area contributed by atoms with Crippen LogP contribution in [0.5, 0.6) is 17.2 Å². The molecule has 1 N–H and O–H groups in total. The van der Waals surface area contributed by atoms with Crippen LogP contribution < -0.4 is 9.47 Å². The number of aromatic hydroxyl groups is 1. The van der Waals surface area contributed by atoms with Crippen LogP contribution in [-0.2, 0) is 6.18 Å². The highest BCUT2D eigenvalue weighted by atomic mass is 19.4. The van der Waals surface area contributed by atoms with E-state index in [9.17, 15) is 18.3 Å². The van der Waals surface area contributed by atoms with E-state index in [1.54, 1.807) is 0 Å². The fraction of sp³-hybridized carbons (Fsp3) is 0.200. The maximum atomic E-state index is 12.8. The molecule has 0 aromatic heterocycles. The molecular formula is C15H13F3O3. The summed E-state index contributed by atoms with van der Waals surface area (Å²) in [5.41, 5.74) is -0.0523. The van der Waals surface area contributed by atoms with Gasteiger partial charge in [-0.05, 0) is 35.9 Å². The molecular weight excluding hydrogens is 285 g/mol. The smallest absolute Gasteiger partial charge is 0.416 e. The summed E-state index contributed by atoms with van der Waals surface area (Å²) in [6.07, 6.45) is -4.44. The summed E-state index contributed by atoms with van der Waals surface area (Å²) >= 11 is 0. The lowest BCUT2D eigenvalue weighted by Crippen LogP contribution is -2.05. The molecule has 21 heavy (non-hydrogen) atoms. The molecule has 2 rings (SSSR count). The molecule has 0 saturated heterocycles. The largest absolute Gasteiger partial charge is 0.504 e. The summed E-state index contributed by atoms with van der Waals surface area (Å²) < 4.78 is 48.5. The van der Waals surface area contributed by atoms with Gasteiger partial charge in [0.05, 0.1) is 19.8 Å². The first kappa shape index (κ1) is 15.0. The van der Waals surface area contributed by atoms with Crippen LogP contribution in [0.25, 0.3) is 11.1 Å². The summed E-state index contributed by atoms with van der Waals surface area (Å²) in [5, 5.41) is 9.56. The van der Waals surface area contributed by atoms with E-state index in [0.717, 1.165) is 12.1 Å². The highest BCUT2D eigenvalue weighted by molar-refractivity contribution is 5.73. The van der Waals surface area contributed by atoms with Crippen LogP contribution in [0.1, 0.15) is 5.56 Å². The Bertz CT molecular complexity index is 651. The van der Waals surface area contributed by atoms with Crippen molar-refractivity contribution in [3.05, 3.63) is 42.0 Å². The fourth-order valence-electron chi connectivity index (χ4n) is 1.96. The van der Waals surface area contributed by atoms with Gasteiger partial charge in [-0.1, -0.05) is 6.07 Å². The zero-order valence-corrected chi connectivity index (χ0v) is 11.4. The van der Waals surface area contributed by atoms with Crippen LogP contribution in [0, 0.1) is 0 Å². The first-order valence-corrected chi connectivity index (χ1v) is 5.99. The van der Waals surface area contributed by atoms with Gasteiger partial charge in [0.1, 0.15) is 5.75 Å². The number of methoxy groups -OCH3 is 2. The summed E-state index contributed by atoms with van der Waals surface area (Å²) in [5.74, 6) is 0.384. The quantitative estimate of drug-likeness (QED) is 0.927. The van der Waals surface area contributed by atoms with Gasteiger partial charge in [-0.15, -0.1) is 0 Å². The van der Waals surface area contributed by atoms with Crippen molar-refractivity contribution in [3.63, 3.8) is 0 Å². The predicted molar refractivity (Wildman–Crippen MR) is 71.6 cm³/mol. The molecule has 6 heteroatoms. The minimum absolute atomic E-state index is 0.0906. The number of hydrogen-bond acceptors (Lipinski definition) is 3. The lowest BCUT2D eigenvalue weighted by molar-refractivity contribution is -0.137. The van der Waals surface area contributed by atoms with Gasteiger partial charge in [0, 0.05) is 5.56 Å². The lowest BCUT2D eigenvalue weighted by atomic mass is 10.0. The standard InChI is InChI=1S/C15H13F3O3/c1-20-13-6-4-10(15(16,17)18)8-11(13)9-3-5-12(19)14(7-9)21-2/h3-8,19H,1-2H3. The Hall–Kier alpha value is -2.37. The number of halogens is 3. The second-order valence-electron chi connectivity index (χ2n) is 4.30. The molecule has 0 fully saturated rings. The maximum Gasteiger partial charge on any atom is 0.416 e. The van der Waals surface area contributed by atoms with Crippen LogP contribution in [-0.4, -0.2) is 19.3 Å². The first-order valence-electron chi connectivity index (χ1n) is 5.99. The Morgan fingerprint density at radius 3 is 2.14 bits per heavy atom. The second kappa shape index (κ2) is 5.55. The minimum atomic E-state index is -4.44. The average Bonchev–Trinajstić information content (AvgIpc) is 2.46. The Kier molecular flexibility index (Phi) is 3.97. The molecule has 0 atom stereocenters. The third-order valence-corrected chi connectivity index (χ3v) is 3.02. The molecule has 112 valence electrons. The van der Waals surface area contributed by atoms with Gasteiger partial charge < -0.3 is 14.6 Å². The van der Waals surface area contributed by atoms with Crippen LogP contribution in [0.2, 0.25) is 0 Å². The molecule has 2 aromatic rings. The van der Waals surface area contributed by atoms with E-state index in [4.69, 9.17) is 9.47 Å². The number of ether oxygens (including phenoxy) is 2. The van der Waals surface area contributed by atoms with Gasteiger partial charge >= 0.3 is 6.18 Å². The predicted octanol–water partition coefficient (Wildman–Crippen LogP) is 4.10. The Labute approximate surface area is 119 Å². The van der Waals surface area contributed by atoms with Gasteiger partial charge in [0.25, 0.3) is 0 Å². The maximum absolute atomic E-state index is 12.8. The number of phenolic OH excluding ortho intramolecular Hbond substituents is 1. The normalized spacial score (nSPS) is 11.3. The zero-order chi connectivity index (χ0) is 15.6. The number of benzene rings is 2. The number of hydrogen-bond donors (Lipinski definition) is 1. The van der Waals surface area contributed by atoms with Crippen LogP contribution in [0.3, 0.4) is 0 Å². The molecule has 0 saturated carbocycles. The number of alkyl halides is 3. The van der Waals surface area contributed by atoms with E-state index in [0.29, 0.717) is 11.3 Å². The summed E-state index contributed by atoms with van der Waals surface area (Å²) in [4.78, 5) is 0. The highest BCUT2D eigenvalue weighted by Crippen LogP contribution is 2.39. The van der Waals surface area contributed by atoms with Gasteiger partial charge in [-0.3, -0.25) is 0 Å². The van der Waals surface area contributed by atoms with Gasteiger partial charge in [-0.2, -0.15) is 13.2 Å². The summed E-state index contributed by atoms with van der Waals surface area (Å²) in [6, 6.07) is 7.53. The monoisotopic (exact) mass is 298 g/mol. The molecule has 0 amide bonds. The van der Waals surface area contributed by atoms with E-state index < -0.39 is 11.7 Å². The van der Waals surface area contributed by atoms with Crippen LogP contribution >= 0.6 is 0 Å². The van der Waals surface area contributed by atoms with E-state index in [1.807, 2.05) is 0 Å². The average molecular weight is 298 g/mol. The van der Waals surface area contributed by atoms with Crippen molar-refractivity contribution in [3.8, 4) is 28.4 Å². The van der Waals surface area contributed by atoms with Gasteiger partial charge in [0.2, 0.25) is 0 Å². The fourth-order valence-corrected chi connectivity index (χ4v) is 1.96. The van der Waals surface area contributed by atoms with Crippen molar-refractivity contribution < 1.29 is 27.8 Å². The Morgan fingerprint density at radius 2 is 1.57 bits per heavy atom. The molecule has 0 heterocycles. The highest BCUT2D eigenvalue weighted by Gasteiger charge is 2.31. The number of rotatable bonds is 3. The molecule has 0 spiro atoms. The van der Waals surface area contributed by atoms with Crippen molar-refractivity contribution >= 4 is 0 Å². The van der Waals surface area contributed by atoms with E-state index in [2.05, 4.69) is 0 Å². The Morgan fingerprint density at radius 1 is 0.905 bits per heavy atom. The molecule has 0 aliphatic rings. The van der Waals surface area contributed by atoms with E-state index in [-0.39, 0.29) is 17.1 Å². The molecule has 0 unspecified atom stereocenters. The second-order valence-corrected chi connectivity index (χ2v) is 4.30. The molecule has 0 radical (unpaired) electrons. The molecule has 0 aliphatic carbocycles. The van der Waals surface area contributed by atoms with Crippen molar-refractivity contribution in [2.24, 2.45) is 0 Å². The zero-order valence-electron chi connectivity index (χ0n) is 11.4. The minimum Gasteiger partial charge on any atom is -0.504 e. The molecule has 2 aromatic carbocycles. The molecule has 3 nitrogen and oxygen atoms in total. The lowest BCUT2D eigenvalue weighted by Gasteiger charge is -2.14. The summed E-state index contributed by atoms with van der Waals surface area (Å²) in [6.45, 7) is 0. The molecule has 0 bridgehead atoms.